The molecule has 0 saturated heterocycles. The van der Waals surface area contributed by atoms with Gasteiger partial charge in [0.05, 0.1) is 11.1 Å². The maximum atomic E-state index is 13.1. The molecule has 0 aliphatic carbocycles. The molecule has 0 radical (unpaired) electrons. The number of hydrogen-bond acceptors (Lipinski definition) is 7. The molecule has 0 unspecified atom stereocenters. The second kappa shape index (κ2) is 9.02. The monoisotopic (exact) mass is 449 g/mol. The number of rotatable bonds is 7. The van der Waals surface area contributed by atoms with Gasteiger partial charge in [0, 0.05) is 35.0 Å². The zero-order chi connectivity index (χ0) is 24.3. The van der Waals surface area contributed by atoms with Gasteiger partial charge in [-0.1, -0.05) is 18.2 Å². The lowest BCUT2D eigenvalue weighted by Gasteiger charge is -2.14. The molecule has 0 bridgehead atoms. The van der Waals surface area contributed by atoms with Crippen molar-refractivity contribution in [2.24, 2.45) is 0 Å². The van der Waals surface area contributed by atoms with E-state index in [2.05, 4.69) is 0 Å². The molecule has 33 heavy (non-hydrogen) atoms. The summed E-state index contributed by atoms with van der Waals surface area (Å²) in [4.78, 5) is 57.5. The highest BCUT2D eigenvalue weighted by molar-refractivity contribution is 6.39. The van der Waals surface area contributed by atoms with Gasteiger partial charge < -0.3 is 25.0 Å². The summed E-state index contributed by atoms with van der Waals surface area (Å²) in [6.45, 7) is 0. The van der Waals surface area contributed by atoms with Gasteiger partial charge in [0.2, 0.25) is 0 Å². The van der Waals surface area contributed by atoms with Crippen LogP contribution in [-0.2, 0) is 19.2 Å². The van der Waals surface area contributed by atoms with Crippen LogP contribution in [0.3, 0.4) is 0 Å². The highest BCUT2D eigenvalue weighted by Gasteiger charge is 2.18. The molecule has 0 aliphatic heterocycles. The largest absolute Gasteiger partial charge is 0.507 e. The second-order valence-corrected chi connectivity index (χ2v) is 6.71. The van der Waals surface area contributed by atoms with Crippen LogP contribution in [0.25, 0.3) is 28.1 Å². The normalized spacial score (nSPS) is 11.9. The van der Waals surface area contributed by atoms with Crippen LogP contribution in [-0.4, -0.2) is 48.5 Å². The van der Waals surface area contributed by atoms with Crippen molar-refractivity contribution in [2.75, 3.05) is 0 Å². The number of pyridine rings is 1. The average Bonchev–Trinajstić information content (AvgIpc) is 2.79. The number of nitrogens with zero attached hydrogens (tertiary/aromatic N) is 1. The maximum Gasteiger partial charge on any atom is 0.376 e. The van der Waals surface area contributed by atoms with E-state index in [0.29, 0.717) is 23.4 Å². The van der Waals surface area contributed by atoms with E-state index in [1.807, 2.05) is 0 Å². The van der Waals surface area contributed by atoms with E-state index in [1.165, 1.54) is 29.0 Å². The average molecular weight is 449 g/mol. The number of carbonyl (C=O) groups excluding carboxylic acids is 2. The summed E-state index contributed by atoms with van der Waals surface area (Å²) in [7, 11) is 0. The zero-order valence-electron chi connectivity index (χ0n) is 16.6. The summed E-state index contributed by atoms with van der Waals surface area (Å²) < 4.78 is 1.49. The Labute approximate surface area is 184 Å². The van der Waals surface area contributed by atoms with Crippen LogP contribution < -0.4 is 5.43 Å². The van der Waals surface area contributed by atoms with Crippen molar-refractivity contribution < 1.29 is 39.6 Å². The molecule has 0 amide bonds. The topological polar surface area (TPSA) is 171 Å². The van der Waals surface area contributed by atoms with Crippen LogP contribution >= 0.6 is 0 Å². The van der Waals surface area contributed by atoms with Crippen LogP contribution in [0.15, 0.2) is 71.7 Å². The predicted molar refractivity (Wildman–Crippen MR) is 116 cm³/mol. The summed E-state index contributed by atoms with van der Waals surface area (Å²) in [6.07, 6.45) is 2.10. The summed E-state index contributed by atoms with van der Waals surface area (Å²) in [6, 6.07) is 12.5. The van der Waals surface area contributed by atoms with Crippen molar-refractivity contribution >= 4 is 45.9 Å². The lowest BCUT2D eigenvalue weighted by Crippen LogP contribution is -2.16. The van der Waals surface area contributed by atoms with Crippen LogP contribution in [0.4, 0.5) is 0 Å². The van der Waals surface area contributed by atoms with E-state index in [4.69, 9.17) is 10.2 Å². The van der Waals surface area contributed by atoms with Gasteiger partial charge in [0.25, 0.3) is 11.6 Å². The van der Waals surface area contributed by atoms with Gasteiger partial charge in [0.15, 0.2) is 5.43 Å². The van der Waals surface area contributed by atoms with Crippen LogP contribution in [0.1, 0.15) is 11.1 Å². The summed E-state index contributed by atoms with van der Waals surface area (Å²) in [5.41, 5.74) is -0.398. The zero-order valence-corrected chi connectivity index (χ0v) is 16.6. The third kappa shape index (κ3) is 4.69. The Morgan fingerprint density at radius 2 is 1.33 bits per heavy atom. The number of benzene rings is 2. The van der Waals surface area contributed by atoms with E-state index in [0.717, 1.165) is 0 Å². The maximum absolute atomic E-state index is 13.1. The Bertz CT molecular complexity index is 1430. The molecule has 0 spiro atoms. The standard InChI is InChI=1S/C23H15NO9/c25-17(9-19(27)22(30)31)12-6-7-16-14(8-12)21(29)15(18(26)10-20(28)23(32)33)11-24(16)13-4-2-1-3-5-13/h1-11,25-26H,(H,30,31)(H,32,33). The van der Waals surface area contributed by atoms with Gasteiger partial charge >= 0.3 is 11.9 Å². The second-order valence-electron chi connectivity index (χ2n) is 6.71. The van der Waals surface area contributed by atoms with Gasteiger partial charge in [-0.2, -0.15) is 0 Å². The highest BCUT2D eigenvalue weighted by Crippen LogP contribution is 2.23. The van der Waals surface area contributed by atoms with Crippen molar-refractivity contribution in [3.63, 3.8) is 0 Å². The van der Waals surface area contributed by atoms with E-state index < -0.39 is 46.0 Å². The molecule has 166 valence electrons. The first-order valence-corrected chi connectivity index (χ1v) is 9.21. The smallest absolute Gasteiger partial charge is 0.376 e. The molecular formula is C23H15NO9. The Hall–Kier alpha value is -4.99. The molecule has 0 saturated carbocycles. The van der Waals surface area contributed by atoms with Gasteiger partial charge in [-0.05, 0) is 30.3 Å². The van der Waals surface area contributed by atoms with Crippen LogP contribution in [0.2, 0.25) is 0 Å². The number of aliphatic hydroxyl groups is 2. The quantitative estimate of drug-likeness (QED) is 0.239. The summed E-state index contributed by atoms with van der Waals surface area (Å²) in [5, 5.41) is 37.8. The fourth-order valence-corrected chi connectivity index (χ4v) is 3.01. The Morgan fingerprint density at radius 3 is 1.91 bits per heavy atom. The number of carbonyl (C=O) groups is 4. The minimum Gasteiger partial charge on any atom is -0.507 e. The van der Waals surface area contributed by atoms with E-state index >= 15 is 0 Å². The molecule has 0 aliphatic rings. The number of aliphatic hydroxyl groups excluding tert-OH is 2. The van der Waals surface area contributed by atoms with Crippen LogP contribution in [0.5, 0.6) is 0 Å². The number of fused-ring (bicyclic) bond motifs is 1. The molecule has 4 N–H and O–H groups in total. The number of carboxylic acids is 2. The van der Waals surface area contributed by atoms with E-state index in [1.54, 1.807) is 30.3 Å². The van der Waals surface area contributed by atoms with Gasteiger partial charge in [-0.25, -0.2) is 9.59 Å². The van der Waals surface area contributed by atoms with Crippen molar-refractivity contribution in [1.82, 2.24) is 4.57 Å². The first kappa shape index (κ1) is 22.7. The molecular weight excluding hydrogens is 434 g/mol. The van der Waals surface area contributed by atoms with Crippen molar-refractivity contribution in [3.8, 4) is 5.69 Å². The third-order valence-corrected chi connectivity index (χ3v) is 4.57. The Balaban J connectivity index is 2.32. The number of hydrogen-bond donors (Lipinski definition) is 4. The SMILES string of the molecule is O=C(O)C(=O)C=C(O)c1ccc2c(c1)c(=O)c(C(O)=CC(=O)C(=O)O)cn2-c1ccccc1. The molecule has 3 aromatic rings. The number of aliphatic carboxylic acids is 2. The number of ketones is 2. The first-order valence-electron chi connectivity index (χ1n) is 9.21. The predicted octanol–water partition coefficient (Wildman–Crippen LogP) is 2.10. The molecule has 0 atom stereocenters. The Kier molecular flexibility index (Phi) is 6.20. The van der Waals surface area contributed by atoms with Gasteiger partial charge in [-0.3, -0.25) is 14.4 Å². The third-order valence-electron chi connectivity index (χ3n) is 4.57. The van der Waals surface area contributed by atoms with E-state index in [-0.39, 0.29) is 10.9 Å². The Morgan fingerprint density at radius 1 is 0.758 bits per heavy atom. The van der Waals surface area contributed by atoms with E-state index in [9.17, 15) is 34.2 Å². The number of para-hydroxylation sites is 1. The van der Waals surface area contributed by atoms with Crippen molar-refractivity contribution in [3.05, 3.63) is 88.2 Å². The van der Waals surface area contributed by atoms with Crippen molar-refractivity contribution in [2.45, 2.75) is 0 Å². The van der Waals surface area contributed by atoms with Crippen LogP contribution in [0, 0.1) is 0 Å². The van der Waals surface area contributed by atoms with Gasteiger partial charge in [0.1, 0.15) is 11.5 Å². The van der Waals surface area contributed by atoms with Crippen molar-refractivity contribution in [1.29, 1.82) is 0 Å². The number of carboxylic acid groups (broad SMARTS) is 2. The fourth-order valence-electron chi connectivity index (χ4n) is 3.01. The molecule has 0 fully saturated rings. The van der Waals surface area contributed by atoms with Gasteiger partial charge in [-0.15, -0.1) is 0 Å². The fraction of sp³-hybridized carbons (Fsp3) is 0. The minimum atomic E-state index is -1.83. The lowest BCUT2D eigenvalue weighted by atomic mass is 10.0. The molecule has 1 heterocycles. The molecule has 1 aromatic heterocycles. The molecule has 3 rings (SSSR count). The summed E-state index contributed by atoms with van der Waals surface area (Å²) >= 11 is 0. The molecule has 10 heteroatoms. The minimum absolute atomic E-state index is 0.0592. The first-order chi connectivity index (χ1) is 15.6. The summed E-state index contributed by atoms with van der Waals surface area (Å²) in [5.74, 6) is -8.03. The number of aromatic nitrogens is 1. The highest BCUT2D eigenvalue weighted by atomic mass is 16.4. The lowest BCUT2D eigenvalue weighted by molar-refractivity contribution is -0.146. The molecule has 2 aromatic carbocycles. The molecule has 10 nitrogen and oxygen atoms in total.